The maximum atomic E-state index is 8.43. The van der Waals surface area contributed by atoms with Crippen LogP contribution in [0.15, 0.2) is 243 Å². The molecule has 10 rings (SSSR count). The fraction of sp³-hybridized carbons (Fsp3) is 0.0769. The summed E-state index contributed by atoms with van der Waals surface area (Å²) in [5.41, 5.74) is 0. The molecule has 8 aromatic carbocycles. The second-order valence-corrected chi connectivity index (χ2v) is 29.8. The Labute approximate surface area is 372 Å². The molecule has 0 atom stereocenters. The zero-order valence-corrected chi connectivity index (χ0v) is 40.1. The van der Waals surface area contributed by atoms with Gasteiger partial charge in [0, 0.05) is 6.61 Å². The van der Waals surface area contributed by atoms with Crippen LogP contribution in [-0.2, 0) is 20.9 Å². The highest BCUT2D eigenvalue weighted by Gasteiger charge is 2.67. The molecule has 308 valence electrons. The number of hydrogen-bond donors (Lipinski definition) is 0. The molecule has 0 aliphatic carbocycles. The van der Waals surface area contributed by atoms with Crippen LogP contribution in [0.4, 0.5) is 0 Å². The van der Waals surface area contributed by atoms with E-state index in [4.69, 9.17) is 20.9 Å². The molecule has 0 radical (unpaired) electrons. The number of rotatable bonds is 8. The van der Waals surface area contributed by atoms with Gasteiger partial charge in [0.2, 0.25) is 0 Å². The van der Waals surface area contributed by atoms with Crippen molar-refractivity contribution < 1.29 is 20.9 Å². The van der Waals surface area contributed by atoms with Gasteiger partial charge in [0.15, 0.2) is 9.76 Å². The molecule has 2 saturated heterocycles. The predicted molar refractivity (Wildman–Crippen MR) is 265 cm³/mol. The normalized spacial score (nSPS) is 17.9. The van der Waals surface area contributed by atoms with Gasteiger partial charge < -0.3 is 20.9 Å². The molecule has 0 aromatic heterocycles. The van der Waals surface area contributed by atoms with Crippen molar-refractivity contribution in [3.63, 3.8) is 0 Å². The van der Waals surface area contributed by atoms with E-state index >= 15 is 0 Å². The van der Waals surface area contributed by atoms with Crippen molar-refractivity contribution in [3.05, 3.63) is 243 Å². The minimum Gasteiger partial charge on any atom is -0.424 e. The first kappa shape index (κ1) is 42.0. The molecule has 2 aliphatic heterocycles. The first-order chi connectivity index (χ1) is 30.7. The minimum absolute atomic E-state index is 0.00849. The summed E-state index contributed by atoms with van der Waals surface area (Å²) >= 11 is 0. The third-order valence-corrected chi connectivity index (χ3v) is 30.8. The topological polar surface area (TPSA) is 46.2 Å². The van der Waals surface area contributed by atoms with E-state index in [2.05, 4.69) is 194 Å². The van der Waals surface area contributed by atoms with Gasteiger partial charge in [-0.25, -0.2) is 0 Å². The molecule has 2 fully saturated rings. The first-order valence-electron chi connectivity index (χ1n) is 21.5. The van der Waals surface area contributed by atoms with Gasteiger partial charge in [0.05, 0.1) is 0 Å². The maximum absolute atomic E-state index is 8.43. The van der Waals surface area contributed by atoms with Crippen LogP contribution in [0.5, 0.6) is 0 Å². The first-order valence-corrected chi connectivity index (χ1v) is 30.3. The van der Waals surface area contributed by atoms with Gasteiger partial charge in [-0.2, -0.15) is 0 Å². The summed E-state index contributed by atoms with van der Waals surface area (Å²) < 4.78 is 38.9. The SMILES string of the molecule is C1CC[SiH2]OC1.c1ccc([Si]2(c3ccccc3)O[Si](c3ccccc3)(c3ccccc3)O[Si](c3ccccc3)(c3ccccc3)O[Si](c3ccccc3)(c3ccccc3)O2)cc1. The molecule has 0 spiro atoms. The van der Waals surface area contributed by atoms with Crippen LogP contribution in [0, 0.1) is 0 Å². The van der Waals surface area contributed by atoms with E-state index in [0.29, 0.717) is 0 Å². The van der Waals surface area contributed by atoms with Crippen molar-refractivity contribution in [2.75, 3.05) is 6.61 Å². The fourth-order valence-corrected chi connectivity index (χ4v) is 32.2. The van der Waals surface area contributed by atoms with Crippen LogP contribution in [0.2, 0.25) is 6.04 Å². The molecule has 0 amide bonds. The summed E-state index contributed by atoms with van der Waals surface area (Å²) in [4.78, 5) is 0. The van der Waals surface area contributed by atoms with Gasteiger partial charge in [-0.3, -0.25) is 0 Å². The van der Waals surface area contributed by atoms with Gasteiger partial charge >= 0.3 is 34.2 Å². The fourth-order valence-electron chi connectivity index (χ4n) is 8.45. The molecule has 5 nitrogen and oxygen atoms in total. The molecule has 0 N–H and O–H groups in total. The molecule has 2 heterocycles. The molecule has 8 aromatic rings. The molecule has 0 unspecified atom stereocenters. The average Bonchev–Trinajstić information content (AvgIpc) is 3.37. The Morgan fingerprint density at radius 1 is 0.258 bits per heavy atom. The van der Waals surface area contributed by atoms with Crippen molar-refractivity contribution in [3.8, 4) is 0 Å². The Morgan fingerprint density at radius 3 is 0.565 bits per heavy atom. The van der Waals surface area contributed by atoms with Crippen LogP contribution in [0.25, 0.3) is 0 Å². The van der Waals surface area contributed by atoms with Crippen molar-refractivity contribution in [2.24, 2.45) is 0 Å². The van der Waals surface area contributed by atoms with Crippen LogP contribution in [0.1, 0.15) is 12.8 Å². The summed E-state index contributed by atoms with van der Waals surface area (Å²) in [6.45, 7) is 1.06. The second kappa shape index (κ2) is 19.4. The van der Waals surface area contributed by atoms with E-state index < -0.39 is 34.2 Å². The molecule has 62 heavy (non-hydrogen) atoms. The molecule has 0 bridgehead atoms. The second-order valence-electron chi connectivity index (χ2n) is 15.5. The van der Waals surface area contributed by atoms with E-state index in [9.17, 15) is 0 Å². The zero-order chi connectivity index (χ0) is 42.0. The van der Waals surface area contributed by atoms with Crippen LogP contribution >= 0.6 is 0 Å². The van der Waals surface area contributed by atoms with Gasteiger partial charge in [-0.05, 0) is 54.0 Å². The van der Waals surface area contributed by atoms with Crippen molar-refractivity contribution in [1.29, 1.82) is 0 Å². The molecule has 10 heteroatoms. The molecular weight excluding hydrogens is 845 g/mol. The Balaban J connectivity index is 0.000000754. The summed E-state index contributed by atoms with van der Waals surface area (Å²) in [7, 11) is -15.5. The van der Waals surface area contributed by atoms with Crippen LogP contribution < -0.4 is 41.5 Å². The standard InChI is InChI=1S/C48H40O4Si4.C4H10OSi/c1-9-25-41(26-10-1)53(42-27-11-2-12-28-42)49-54(43-29-13-3-14-30-43,44-31-15-4-16-32-44)51-56(47-37-21-7-22-38-47,48-39-23-8-24-40-48)52-55(50-53,45-33-17-5-18-34-45)46-35-19-6-20-36-46;1-2-4-6-5-3-1/h1-40H;1-4,6H2. The van der Waals surface area contributed by atoms with Crippen molar-refractivity contribution in [1.82, 2.24) is 0 Å². The minimum atomic E-state index is -3.89. The lowest BCUT2D eigenvalue weighted by Gasteiger charge is -2.53. The average molecular weight is 895 g/mol. The van der Waals surface area contributed by atoms with Crippen molar-refractivity contribution in [2.45, 2.75) is 18.9 Å². The van der Waals surface area contributed by atoms with E-state index in [0.717, 1.165) is 48.1 Å². The summed E-state index contributed by atoms with van der Waals surface area (Å²) in [5.74, 6) is 0. The lowest BCUT2D eigenvalue weighted by atomic mass is 10.4. The summed E-state index contributed by atoms with van der Waals surface area (Å²) in [6.07, 6.45) is 2.75. The number of hydrogen-bond acceptors (Lipinski definition) is 5. The summed E-state index contributed by atoms with van der Waals surface area (Å²) in [5, 5.41) is 7.77. The lowest BCUT2D eigenvalue weighted by molar-refractivity contribution is 0.268. The van der Waals surface area contributed by atoms with E-state index in [-0.39, 0.29) is 9.76 Å². The smallest absolute Gasteiger partial charge is 0.390 e. The predicted octanol–water partition coefficient (Wildman–Crippen LogP) is 5.39. The Hall–Kier alpha value is -5.36. The zero-order valence-electron chi connectivity index (χ0n) is 34.7. The van der Waals surface area contributed by atoms with Crippen LogP contribution in [-0.4, -0.2) is 50.6 Å². The van der Waals surface area contributed by atoms with E-state index in [1.165, 1.54) is 18.9 Å². The Bertz CT molecular complexity index is 2040. The number of benzene rings is 8. The molecule has 2 aliphatic rings. The Kier molecular flexibility index (Phi) is 13.1. The maximum Gasteiger partial charge on any atom is 0.390 e. The van der Waals surface area contributed by atoms with E-state index in [1.54, 1.807) is 0 Å². The van der Waals surface area contributed by atoms with Gasteiger partial charge in [0.1, 0.15) is 0 Å². The van der Waals surface area contributed by atoms with Gasteiger partial charge in [-0.15, -0.1) is 0 Å². The largest absolute Gasteiger partial charge is 0.424 e. The van der Waals surface area contributed by atoms with E-state index in [1.807, 2.05) is 48.5 Å². The Morgan fingerprint density at radius 2 is 0.452 bits per heavy atom. The van der Waals surface area contributed by atoms with Crippen LogP contribution in [0.3, 0.4) is 0 Å². The highest BCUT2D eigenvalue weighted by Crippen LogP contribution is 2.32. The third kappa shape index (κ3) is 8.42. The highest BCUT2D eigenvalue weighted by atomic mass is 28.5. The lowest BCUT2D eigenvalue weighted by Crippen LogP contribution is -2.88. The van der Waals surface area contributed by atoms with Gasteiger partial charge in [-0.1, -0.05) is 249 Å². The monoisotopic (exact) mass is 894 g/mol. The van der Waals surface area contributed by atoms with Gasteiger partial charge in [0.25, 0.3) is 0 Å². The quantitative estimate of drug-likeness (QED) is 0.192. The summed E-state index contributed by atoms with van der Waals surface area (Å²) in [6, 6.07) is 85.6. The molecular formula is C52H50O5Si5. The molecule has 0 saturated carbocycles. The highest BCUT2D eigenvalue weighted by molar-refractivity contribution is 7.16. The van der Waals surface area contributed by atoms with Crippen molar-refractivity contribution >= 4 is 85.5 Å². The third-order valence-electron chi connectivity index (χ3n) is 11.5.